The fraction of sp³-hybridized carbons (Fsp3) is 0.542. The Morgan fingerprint density at radius 3 is 2.58 bits per heavy atom. The van der Waals surface area contributed by atoms with E-state index in [4.69, 9.17) is 9.84 Å². The van der Waals surface area contributed by atoms with Crippen LogP contribution in [0.2, 0.25) is 0 Å². The van der Waals surface area contributed by atoms with Gasteiger partial charge in [0.05, 0.1) is 31.1 Å². The van der Waals surface area contributed by atoms with Gasteiger partial charge in [-0.25, -0.2) is 5.06 Å². The molecule has 3 rings (SSSR count). The summed E-state index contributed by atoms with van der Waals surface area (Å²) in [5, 5.41) is 22.3. The molecule has 2 fully saturated rings. The van der Waals surface area contributed by atoms with Crippen molar-refractivity contribution in [2.45, 2.75) is 55.6 Å². The number of carbonyl (C=O) groups excluding carboxylic acids is 2. The lowest BCUT2D eigenvalue weighted by molar-refractivity contribution is -0.168. The largest absolute Gasteiger partial charge is 0.481 e. The van der Waals surface area contributed by atoms with Crippen molar-refractivity contribution >= 4 is 29.5 Å². The number of fused-ring (bicyclic) bond motifs is 2. The third-order valence-electron chi connectivity index (χ3n) is 6.15. The Morgan fingerprint density at radius 1 is 1.12 bits per heavy atom. The van der Waals surface area contributed by atoms with Crippen LogP contribution in [0.15, 0.2) is 47.4 Å². The van der Waals surface area contributed by atoms with Crippen LogP contribution in [0.4, 0.5) is 0 Å². The summed E-state index contributed by atoms with van der Waals surface area (Å²) in [5.41, 5.74) is 0. The number of ether oxygens (including phenoxy) is 1. The number of carboxylic acids is 1. The summed E-state index contributed by atoms with van der Waals surface area (Å²) in [5.74, 6) is -1.16. The van der Waals surface area contributed by atoms with Gasteiger partial charge in [0.15, 0.2) is 0 Å². The molecular weight excluding hydrogens is 444 g/mol. The molecule has 2 aliphatic heterocycles. The number of aliphatic carboxylic acids is 1. The van der Waals surface area contributed by atoms with Crippen molar-refractivity contribution in [3.63, 3.8) is 0 Å². The highest BCUT2D eigenvalue weighted by Crippen LogP contribution is 2.45. The molecule has 0 radical (unpaired) electrons. The number of nitrogens with one attached hydrogen (secondary N) is 1. The number of carboxylic acid groups (broad SMARTS) is 1. The van der Waals surface area contributed by atoms with Crippen LogP contribution in [0, 0.1) is 11.8 Å². The molecule has 8 nitrogen and oxygen atoms in total. The fourth-order valence-electron chi connectivity index (χ4n) is 4.48. The Balaban J connectivity index is 1.40. The highest BCUT2D eigenvalue weighted by atomic mass is 32.2. The summed E-state index contributed by atoms with van der Waals surface area (Å²) in [4.78, 5) is 35.9. The maximum atomic E-state index is 12.4. The highest BCUT2D eigenvalue weighted by Gasteiger charge is 2.48. The molecule has 2 saturated heterocycles. The number of thioether (sulfide) groups is 1. The molecule has 4 atom stereocenters. The topological polar surface area (TPSA) is 116 Å². The average molecular weight is 477 g/mol. The lowest BCUT2D eigenvalue weighted by Gasteiger charge is -2.29. The summed E-state index contributed by atoms with van der Waals surface area (Å²) in [6.07, 6.45) is 8.36. The van der Waals surface area contributed by atoms with E-state index in [9.17, 15) is 19.6 Å². The van der Waals surface area contributed by atoms with Gasteiger partial charge in [0.1, 0.15) is 0 Å². The maximum absolute atomic E-state index is 12.4. The van der Waals surface area contributed by atoms with E-state index in [1.807, 2.05) is 36.4 Å². The normalized spacial score (nSPS) is 23.7. The van der Waals surface area contributed by atoms with Crippen LogP contribution in [-0.2, 0) is 19.1 Å². The predicted octanol–water partition coefficient (Wildman–Crippen LogP) is 3.11. The van der Waals surface area contributed by atoms with Crippen molar-refractivity contribution < 1.29 is 29.4 Å². The van der Waals surface area contributed by atoms with Crippen LogP contribution in [0.1, 0.15) is 38.5 Å². The van der Waals surface area contributed by atoms with Crippen molar-refractivity contribution in [3.05, 3.63) is 42.5 Å². The van der Waals surface area contributed by atoms with E-state index >= 15 is 0 Å². The molecule has 2 bridgehead atoms. The quantitative estimate of drug-likeness (QED) is 0.132. The number of allylic oxidation sites excluding steroid dienone is 2. The number of rotatable bonds is 13. The molecule has 2 heterocycles. The Hall–Kier alpha value is -2.36. The summed E-state index contributed by atoms with van der Waals surface area (Å²) in [6, 6.07) is 9.53. The number of carbonyl (C=O) groups is 3. The molecule has 0 saturated carbocycles. The lowest BCUT2D eigenvalue weighted by Crippen LogP contribution is -2.44. The van der Waals surface area contributed by atoms with E-state index in [1.165, 1.54) is 11.8 Å². The Labute approximate surface area is 198 Å². The second kappa shape index (κ2) is 12.8. The molecule has 2 amide bonds. The smallest absolute Gasteiger partial charge is 0.303 e. The summed E-state index contributed by atoms with van der Waals surface area (Å²) < 4.78 is 6.03. The van der Waals surface area contributed by atoms with Gasteiger partial charge < -0.3 is 15.2 Å². The van der Waals surface area contributed by atoms with Crippen LogP contribution in [0.25, 0.3) is 0 Å². The fourth-order valence-corrected chi connectivity index (χ4v) is 5.23. The molecule has 0 aliphatic carbocycles. The number of benzene rings is 1. The van der Waals surface area contributed by atoms with Crippen LogP contribution in [-0.4, -0.2) is 64.2 Å². The summed E-state index contributed by atoms with van der Waals surface area (Å²) in [7, 11) is 0. The van der Waals surface area contributed by atoms with E-state index in [0.717, 1.165) is 24.2 Å². The highest BCUT2D eigenvalue weighted by molar-refractivity contribution is 8.00. The first-order chi connectivity index (χ1) is 15.9. The Morgan fingerprint density at radius 2 is 1.85 bits per heavy atom. The van der Waals surface area contributed by atoms with Crippen LogP contribution in [0.5, 0.6) is 0 Å². The van der Waals surface area contributed by atoms with E-state index in [0.29, 0.717) is 17.9 Å². The number of hydrogen-bond acceptors (Lipinski definition) is 6. The zero-order chi connectivity index (χ0) is 23.6. The van der Waals surface area contributed by atoms with Gasteiger partial charge in [0, 0.05) is 17.2 Å². The Bertz CT molecular complexity index is 834. The van der Waals surface area contributed by atoms with Gasteiger partial charge in [-0.3, -0.25) is 19.6 Å². The van der Waals surface area contributed by atoms with Crippen molar-refractivity contribution in [1.82, 2.24) is 10.4 Å². The molecule has 1 aromatic carbocycles. The predicted molar refractivity (Wildman–Crippen MR) is 124 cm³/mol. The van der Waals surface area contributed by atoms with E-state index in [2.05, 4.69) is 11.4 Å². The first-order valence-electron chi connectivity index (χ1n) is 11.4. The number of hydrogen-bond donors (Lipinski definition) is 3. The number of nitrogens with zero attached hydrogens (tertiary/aromatic N) is 1. The van der Waals surface area contributed by atoms with E-state index in [-0.39, 0.29) is 55.2 Å². The van der Waals surface area contributed by atoms with Crippen molar-refractivity contribution in [2.75, 3.05) is 18.8 Å². The van der Waals surface area contributed by atoms with Gasteiger partial charge in [-0.2, -0.15) is 0 Å². The van der Waals surface area contributed by atoms with Gasteiger partial charge in [0.25, 0.3) is 5.91 Å². The second-order valence-electron chi connectivity index (χ2n) is 8.47. The van der Waals surface area contributed by atoms with Gasteiger partial charge in [-0.05, 0) is 50.2 Å². The maximum Gasteiger partial charge on any atom is 0.303 e. The number of unbranched alkanes of at least 4 members (excludes halogenated alkanes) is 1. The van der Waals surface area contributed by atoms with Gasteiger partial charge >= 0.3 is 5.97 Å². The average Bonchev–Trinajstić information content (AvgIpc) is 3.41. The first kappa shape index (κ1) is 25.3. The summed E-state index contributed by atoms with van der Waals surface area (Å²) in [6.45, 7) is -0.0767. The molecule has 0 aromatic heterocycles. The molecule has 180 valence electrons. The van der Waals surface area contributed by atoms with Crippen molar-refractivity contribution in [3.8, 4) is 0 Å². The van der Waals surface area contributed by atoms with Gasteiger partial charge in [0.2, 0.25) is 5.91 Å². The van der Waals surface area contributed by atoms with Crippen LogP contribution in [0.3, 0.4) is 0 Å². The number of hydroxylamine groups is 2. The zero-order valence-corrected chi connectivity index (χ0v) is 19.4. The lowest BCUT2D eigenvalue weighted by atomic mass is 9.77. The summed E-state index contributed by atoms with van der Waals surface area (Å²) >= 11 is 1.39. The minimum Gasteiger partial charge on any atom is -0.481 e. The van der Waals surface area contributed by atoms with Crippen LogP contribution < -0.4 is 5.32 Å². The molecule has 3 N–H and O–H groups in total. The number of amides is 2. The molecular formula is C24H32N2O6S. The molecule has 2 aliphatic rings. The zero-order valence-electron chi connectivity index (χ0n) is 18.6. The van der Waals surface area contributed by atoms with Gasteiger partial charge in [-0.1, -0.05) is 30.4 Å². The molecule has 9 heteroatoms. The molecule has 33 heavy (non-hydrogen) atoms. The third kappa shape index (κ3) is 7.87. The molecule has 0 unspecified atom stereocenters. The minimum absolute atomic E-state index is 0.0275. The monoisotopic (exact) mass is 476 g/mol. The molecule has 1 aromatic rings. The van der Waals surface area contributed by atoms with E-state index < -0.39 is 11.9 Å². The van der Waals surface area contributed by atoms with Gasteiger partial charge in [-0.15, -0.1) is 11.8 Å². The second-order valence-corrected chi connectivity index (χ2v) is 9.51. The Kier molecular flexibility index (Phi) is 9.77. The standard InChI is InChI=1S/C24H32N2O6S/c27-22(16-33-17-8-4-3-5-9-17)25-14-23(28)26(31)15-19-18(20-12-13-21(19)32-20)10-6-1-2-7-11-24(29)30/h1,3-6,8-9,18-21,31H,2,7,10-16H2,(H,25,27)(H,29,30)/t18-,19+,20-,21+/m0/s1. The van der Waals surface area contributed by atoms with E-state index in [1.54, 1.807) is 0 Å². The molecule has 0 spiro atoms. The van der Waals surface area contributed by atoms with Crippen molar-refractivity contribution in [1.29, 1.82) is 0 Å². The van der Waals surface area contributed by atoms with Crippen molar-refractivity contribution in [2.24, 2.45) is 11.8 Å². The SMILES string of the molecule is O=C(O)CCCC=CC[C@H]1[C@@H](CN(O)C(=O)CNC(=O)CSc2ccccc2)[C@H]2CC[C@@H]1O2. The van der Waals surface area contributed by atoms with Crippen LogP contribution >= 0.6 is 11.8 Å². The minimum atomic E-state index is -0.788. The third-order valence-corrected chi connectivity index (χ3v) is 7.16. The first-order valence-corrected chi connectivity index (χ1v) is 12.4.